The van der Waals surface area contributed by atoms with E-state index in [4.69, 9.17) is 16.3 Å². The first-order valence-electron chi connectivity index (χ1n) is 10.9. The Labute approximate surface area is 212 Å². The van der Waals surface area contributed by atoms with Gasteiger partial charge in [0.15, 0.2) is 0 Å². The smallest absolute Gasteiger partial charge is 0.269 e. The molecule has 0 aliphatic rings. The highest BCUT2D eigenvalue weighted by molar-refractivity contribution is 6.31. The van der Waals surface area contributed by atoms with Crippen LogP contribution in [-0.2, 0) is 11.4 Å². The number of hydrogen-bond acceptors (Lipinski definition) is 5. The van der Waals surface area contributed by atoms with Crippen molar-refractivity contribution in [3.8, 4) is 11.8 Å². The molecule has 0 atom stereocenters. The molecule has 0 spiro atoms. The van der Waals surface area contributed by atoms with E-state index in [-0.39, 0.29) is 17.9 Å². The lowest BCUT2D eigenvalue weighted by molar-refractivity contribution is -0.384. The quantitative estimate of drug-likeness (QED) is 0.130. The Balaban J connectivity index is 1.68. The van der Waals surface area contributed by atoms with Gasteiger partial charge in [0, 0.05) is 28.4 Å². The summed E-state index contributed by atoms with van der Waals surface area (Å²) < 4.78 is 6.04. The number of carbonyl (C=O) groups is 1. The molecule has 4 rings (SSSR count). The molecule has 0 aromatic heterocycles. The largest absolute Gasteiger partial charge is 0.488 e. The molecule has 1 amide bonds. The maximum absolute atomic E-state index is 13.0. The van der Waals surface area contributed by atoms with E-state index in [0.717, 1.165) is 16.3 Å². The maximum Gasteiger partial charge on any atom is 0.269 e. The summed E-state index contributed by atoms with van der Waals surface area (Å²) in [6.45, 7) is 1.93. The monoisotopic (exact) mass is 497 g/mol. The summed E-state index contributed by atoms with van der Waals surface area (Å²) in [6, 6.07) is 24.4. The molecule has 0 saturated carbocycles. The van der Waals surface area contributed by atoms with Gasteiger partial charge < -0.3 is 10.1 Å². The zero-order valence-electron chi connectivity index (χ0n) is 19.2. The van der Waals surface area contributed by atoms with Crippen molar-refractivity contribution in [2.45, 2.75) is 13.5 Å². The van der Waals surface area contributed by atoms with Crippen molar-refractivity contribution in [1.82, 2.24) is 0 Å². The fourth-order valence-corrected chi connectivity index (χ4v) is 3.83. The number of rotatable bonds is 7. The molecule has 0 aliphatic carbocycles. The van der Waals surface area contributed by atoms with Gasteiger partial charge in [-0.1, -0.05) is 48.0 Å². The van der Waals surface area contributed by atoms with Gasteiger partial charge in [0.25, 0.3) is 11.6 Å². The number of benzene rings is 4. The van der Waals surface area contributed by atoms with E-state index < -0.39 is 10.8 Å². The molecule has 0 unspecified atom stereocenters. The minimum atomic E-state index is -0.572. The van der Waals surface area contributed by atoms with Gasteiger partial charge in [0.05, 0.1) is 4.92 Å². The van der Waals surface area contributed by atoms with E-state index in [1.807, 2.05) is 36.4 Å². The zero-order valence-corrected chi connectivity index (χ0v) is 20.0. The molecule has 178 valence electrons. The summed E-state index contributed by atoms with van der Waals surface area (Å²) >= 11 is 6.16. The predicted molar refractivity (Wildman–Crippen MR) is 140 cm³/mol. The van der Waals surface area contributed by atoms with Crippen LogP contribution in [0.2, 0.25) is 5.02 Å². The highest BCUT2D eigenvalue weighted by atomic mass is 35.5. The number of nitrogens with zero attached hydrogens (tertiary/aromatic N) is 2. The van der Waals surface area contributed by atoms with Crippen LogP contribution in [0.3, 0.4) is 0 Å². The van der Waals surface area contributed by atoms with Gasteiger partial charge in [-0.2, -0.15) is 5.26 Å². The number of amides is 1. The third-order valence-electron chi connectivity index (χ3n) is 5.64. The Bertz CT molecular complexity index is 1540. The Morgan fingerprint density at radius 2 is 1.83 bits per heavy atom. The number of nitro groups is 1. The summed E-state index contributed by atoms with van der Waals surface area (Å²) in [5.41, 5.74) is 2.41. The summed E-state index contributed by atoms with van der Waals surface area (Å²) in [5.74, 6) is -0.108. The number of anilines is 1. The van der Waals surface area contributed by atoms with Crippen LogP contribution in [0.25, 0.3) is 16.8 Å². The predicted octanol–water partition coefficient (Wildman–Crippen LogP) is 6.83. The summed E-state index contributed by atoms with van der Waals surface area (Å²) in [6.07, 6.45) is 1.50. The summed E-state index contributed by atoms with van der Waals surface area (Å²) in [5, 5.41) is 25.7. The van der Waals surface area contributed by atoms with E-state index in [0.29, 0.717) is 27.6 Å². The van der Waals surface area contributed by atoms with Crippen molar-refractivity contribution in [2.24, 2.45) is 0 Å². The van der Waals surface area contributed by atoms with Crippen molar-refractivity contribution in [1.29, 1.82) is 5.26 Å². The van der Waals surface area contributed by atoms with Crippen LogP contribution in [0, 0.1) is 28.4 Å². The van der Waals surface area contributed by atoms with Crippen molar-refractivity contribution in [3.63, 3.8) is 0 Å². The number of hydrogen-bond donors (Lipinski definition) is 1. The molecular formula is C28H20ClN3O4. The SMILES string of the molecule is Cc1c(Cl)cccc1NC(=O)/C(C#N)=C/c1c(OCc2ccc([N+](=O)[O-])cc2)ccc2ccccc12. The lowest BCUT2D eigenvalue weighted by Gasteiger charge is -2.13. The fraction of sp³-hybridized carbons (Fsp3) is 0.0714. The second-order valence-corrected chi connectivity index (χ2v) is 8.35. The molecular weight excluding hydrogens is 478 g/mol. The van der Waals surface area contributed by atoms with E-state index in [2.05, 4.69) is 5.32 Å². The number of halogens is 1. The summed E-state index contributed by atoms with van der Waals surface area (Å²) in [7, 11) is 0. The van der Waals surface area contributed by atoms with E-state index in [1.165, 1.54) is 18.2 Å². The number of nitriles is 1. The van der Waals surface area contributed by atoms with Crippen LogP contribution in [0.1, 0.15) is 16.7 Å². The highest BCUT2D eigenvalue weighted by Gasteiger charge is 2.15. The minimum Gasteiger partial charge on any atom is -0.488 e. The average Bonchev–Trinajstić information content (AvgIpc) is 2.89. The first kappa shape index (κ1) is 24.5. The van der Waals surface area contributed by atoms with Crippen LogP contribution >= 0.6 is 11.6 Å². The number of nitrogens with one attached hydrogen (secondary N) is 1. The maximum atomic E-state index is 13.0. The van der Waals surface area contributed by atoms with E-state index in [1.54, 1.807) is 43.3 Å². The van der Waals surface area contributed by atoms with Gasteiger partial charge in [0.2, 0.25) is 0 Å². The van der Waals surface area contributed by atoms with Gasteiger partial charge in [-0.05, 0) is 65.2 Å². The molecule has 0 saturated heterocycles. The van der Waals surface area contributed by atoms with Crippen LogP contribution in [0.15, 0.2) is 84.4 Å². The third kappa shape index (κ3) is 5.35. The van der Waals surface area contributed by atoms with Crippen LogP contribution in [0.5, 0.6) is 5.75 Å². The molecule has 36 heavy (non-hydrogen) atoms. The highest BCUT2D eigenvalue weighted by Crippen LogP contribution is 2.31. The van der Waals surface area contributed by atoms with Gasteiger partial charge in [-0.3, -0.25) is 14.9 Å². The van der Waals surface area contributed by atoms with Crippen LogP contribution in [-0.4, -0.2) is 10.8 Å². The molecule has 8 heteroatoms. The Morgan fingerprint density at radius 3 is 2.56 bits per heavy atom. The molecule has 0 heterocycles. The van der Waals surface area contributed by atoms with Crippen molar-refractivity contribution >= 4 is 45.7 Å². The second kappa shape index (κ2) is 10.7. The molecule has 0 radical (unpaired) electrons. The van der Waals surface area contributed by atoms with E-state index in [9.17, 15) is 20.2 Å². The number of carbonyl (C=O) groups excluding carboxylic acids is 1. The van der Waals surface area contributed by atoms with Gasteiger partial charge in [-0.15, -0.1) is 0 Å². The number of non-ortho nitro benzene ring substituents is 1. The topological polar surface area (TPSA) is 105 Å². The van der Waals surface area contributed by atoms with Crippen molar-refractivity contribution in [2.75, 3.05) is 5.32 Å². The Kier molecular flexibility index (Phi) is 7.28. The minimum absolute atomic E-state index is 0.00677. The van der Waals surface area contributed by atoms with Crippen molar-refractivity contribution in [3.05, 3.63) is 116 Å². The molecule has 0 fully saturated rings. The fourth-order valence-electron chi connectivity index (χ4n) is 3.65. The first-order chi connectivity index (χ1) is 17.4. The normalized spacial score (nSPS) is 11.1. The average molecular weight is 498 g/mol. The molecule has 4 aromatic carbocycles. The van der Waals surface area contributed by atoms with Gasteiger partial charge in [0.1, 0.15) is 24.0 Å². The number of fused-ring (bicyclic) bond motifs is 1. The standard InChI is InChI=1S/C28H20ClN3O4/c1-18-25(29)7-4-8-26(18)31-28(33)21(16-30)15-24-23-6-3-2-5-20(23)11-14-27(24)36-17-19-9-12-22(13-10-19)32(34)35/h2-15H,17H2,1H3,(H,31,33)/b21-15+. The lowest BCUT2D eigenvalue weighted by atomic mass is 10.0. The van der Waals surface area contributed by atoms with Gasteiger partial charge >= 0.3 is 0 Å². The second-order valence-electron chi connectivity index (χ2n) is 7.95. The van der Waals surface area contributed by atoms with E-state index >= 15 is 0 Å². The number of nitro benzene ring substituents is 1. The molecule has 7 nitrogen and oxygen atoms in total. The molecule has 0 aliphatic heterocycles. The number of ether oxygens (including phenoxy) is 1. The summed E-state index contributed by atoms with van der Waals surface area (Å²) in [4.78, 5) is 23.4. The Hall–Kier alpha value is -4.67. The molecule has 4 aromatic rings. The molecule has 0 bridgehead atoms. The molecule has 1 N–H and O–H groups in total. The lowest BCUT2D eigenvalue weighted by Crippen LogP contribution is -2.14. The van der Waals surface area contributed by atoms with Crippen molar-refractivity contribution < 1.29 is 14.5 Å². The first-order valence-corrected chi connectivity index (χ1v) is 11.3. The van der Waals surface area contributed by atoms with Gasteiger partial charge in [-0.25, -0.2) is 0 Å². The van der Waals surface area contributed by atoms with Crippen LogP contribution in [0.4, 0.5) is 11.4 Å². The zero-order chi connectivity index (χ0) is 25.7. The van der Waals surface area contributed by atoms with Crippen LogP contribution < -0.4 is 10.1 Å². The third-order valence-corrected chi connectivity index (χ3v) is 6.05. The Morgan fingerprint density at radius 1 is 1.08 bits per heavy atom.